The zero-order chi connectivity index (χ0) is 15.1. The standard InChI is InChI=1S/C15H28O4.Na.H/c1-5-6-7-8-9-10-11-15(12(16)17,13(18)19)14(2,3)4;;/h5-11H2,1-4H3,(H,16,17)(H,18,19);;/q;+1;-1. The van der Waals surface area contributed by atoms with Crippen LogP contribution in [0.4, 0.5) is 0 Å². The van der Waals surface area contributed by atoms with Gasteiger partial charge in [-0.25, -0.2) is 0 Å². The second-order valence-electron chi connectivity index (χ2n) is 6.28. The molecule has 0 amide bonds. The molecule has 0 aliphatic rings. The molecule has 0 saturated heterocycles. The number of carbonyl (C=O) groups is 2. The van der Waals surface area contributed by atoms with Gasteiger partial charge in [-0.3, -0.25) is 9.59 Å². The normalized spacial score (nSPS) is 11.8. The molecule has 20 heavy (non-hydrogen) atoms. The summed E-state index contributed by atoms with van der Waals surface area (Å²) < 4.78 is 0. The first kappa shape index (κ1) is 22.2. The van der Waals surface area contributed by atoms with E-state index in [-0.39, 0.29) is 37.4 Å². The third-order valence-corrected chi connectivity index (χ3v) is 3.92. The molecule has 0 aromatic heterocycles. The second-order valence-corrected chi connectivity index (χ2v) is 6.28. The fourth-order valence-electron chi connectivity index (χ4n) is 2.49. The van der Waals surface area contributed by atoms with Crippen LogP contribution in [0.15, 0.2) is 0 Å². The Morgan fingerprint density at radius 1 is 0.900 bits per heavy atom. The fourth-order valence-corrected chi connectivity index (χ4v) is 2.49. The Morgan fingerprint density at radius 3 is 1.65 bits per heavy atom. The molecule has 0 aliphatic heterocycles. The molecule has 0 saturated carbocycles. The van der Waals surface area contributed by atoms with Gasteiger partial charge in [-0.15, -0.1) is 0 Å². The summed E-state index contributed by atoms with van der Waals surface area (Å²) in [6.45, 7) is 7.20. The molecule has 0 radical (unpaired) electrons. The molecule has 0 aromatic rings. The second kappa shape index (κ2) is 9.80. The van der Waals surface area contributed by atoms with Crippen LogP contribution in [0.5, 0.6) is 0 Å². The molecule has 0 aliphatic carbocycles. The molecule has 0 heterocycles. The molecule has 0 bridgehead atoms. The minimum atomic E-state index is -1.68. The van der Waals surface area contributed by atoms with Crippen LogP contribution in [-0.2, 0) is 9.59 Å². The van der Waals surface area contributed by atoms with E-state index in [0.717, 1.165) is 25.7 Å². The van der Waals surface area contributed by atoms with Crippen LogP contribution in [0, 0.1) is 10.8 Å². The van der Waals surface area contributed by atoms with E-state index < -0.39 is 22.8 Å². The van der Waals surface area contributed by atoms with Gasteiger partial charge in [0.25, 0.3) is 0 Å². The summed E-state index contributed by atoms with van der Waals surface area (Å²) in [7, 11) is 0. The Hall–Kier alpha value is -0.0600. The SMILES string of the molecule is CCCCCCCCC(C(=O)O)(C(=O)O)C(C)(C)C.[H-].[Na+]. The van der Waals surface area contributed by atoms with Gasteiger partial charge < -0.3 is 11.6 Å². The topological polar surface area (TPSA) is 74.6 Å². The summed E-state index contributed by atoms with van der Waals surface area (Å²) in [6, 6.07) is 0. The predicted molar refractivity (Wildman–Crippen MR) is 76.3 cm³/mol. The first-order valence-corrected chi connectivity index (χ1v) is 7.17. The van der Waals surface area contributed by atoms with E-state index in [1.807, 2.05) is 0 Å². The molecular formula is C15H29NaO4. The maximum atomic E-state index is 11.5. The third-order valence-electron chi connectivity index (χ3n) is 3.92. The number of hydrogen-bond donors (Lipinski definition) is 2. The van der Waals surface area contributed by atoms with Gasteiger partial charge in [0.05, 0.1) is 0 Å². The van der Waals surface area contributed by atoms with Crippen molar-refractivity contribution in [3.63, 3.8) is 0 Å². The van der Waals surface area contributed by atoms with Crippen LogP contribution in [0.25, 0.3) is 0 Å². The van der Waals surface area contributed by atoms with Crippen molar-refractivity contribution in [1.82, 2.24) is 0 Å². The molecule has 0 fully saturated rings. The van der Waals surface area contributed by atoms with Crippen molar-refractivity contribution < 1.29 is 50.8 Å². The van der Waals surface area contributed by atoms with E-state index in [2.05, 4.69) is 6.92 Å². The van der Waals surface area contributed by atoms with Gasteiger partial charge in [-0.1, -0.05) is 66.2 Å². The van der Waals surface area contributed by atoms with Gasteiger partial charge in [0.15, 0.2) is 5.41 Å². The molecule has 0 unspecified atom stereocenters. The van der Waals surface area contributed by atoms with Gasteiger partial charge in [0.1, 0.15) is 0 Å². The third kappa shape index (κ3) is 5.74. The number of unbranched alkanes of at least 4 members (excludes halogenated alkanes) is 5. The minimum Gasteiger partial charge on any atom is -1.00 e. The van der Waals surface area contributed by atoms with E-state index in [1.54, 1.807) is 20.8 Å². The fraction of sp³-hybridized carbons (Fsp3) is 0.867. The summed E-state index contributed by atoms with van der Waals surface area (Å²) in [5, 5.41) is 18.8. The summed E-state index contributed by atoms with van der Waals surface area (Å²) >= 11 is 0. The van der Waals surface area contributed by atoms with Crippen molar-refractivity contribution in [2.45, 2.75) is 72.6 Å². The van der Waals surface area contributed by atoms with Crippen LogP contribution in [-0.4, -0.2) is 22.2 Å². The molecule has 2 N–H and O–H groups in total. The van der Waals surface area contributed by atoms with Crippen LogP contribution < -0.4 is 29.6 Å². The Labute approximate surface area is 146 Å². The van der Waals surface area contributed by atoms with E-state index in [0.29, 0.717) is 6.42 Å². The Bertz CT molecular complexity index is 299. The zero-order valence-electron chi connectivity index (χ0n) is 14.7. The van der Waals surface area contributed by atoms with Crippen molar-refractivity contribution in [2.24, 2.45) is 10.8 Å². The minimum absolute atomic E-state index is 0. The predicted octanol–water partition coefficient (Wildman–Crippen LogP) is 1.06. The van der Waals surface area contributed by atoms with Crippen LogP contribution in [0.2, 0.25) is 0 Å². The van der Waals surface area contributed by atoms with E-state index in [1.165, 1.54) is 6.42 Å². The van der Waals surface area contributed by atoms with Gasteiger partial charge in [0, 0.05) is 0 Å². The number of hydrogen-bond acceptors (Lipinski definition) is 2. The first-order valence-electron chi connectivity index (χ1n) is 7.17. The Balaban J connectivity index is -0.00000162. The summed E-state index contributed by atoms with van der Waals surface area (Å²) in [5.74, 6) is -2.44. The van der Waals surface area contributed by atoms with E-state index in [9.17, 15) is 19.8 Å². The molecule has 114 valence electrons. The van der Waals surface area contributed by atoms with Crippen molar-refractivity contribution in [3.05, 3.63) is 0 Å². The Morgan fingerprint density at radius 2 is 1.30 bits per heavy atom. The zero-order valence-corrected chi connectivity index (χ0v) is 15.7. The molecule has 0 spiro atoms. The number of rotatable bonds is 9. The van der Waals surface area contributed by atoms with Crippen LogP contribution in [0.3, 0.4) is 0 Å². The monoisotopic (exact) mass is 296 g/mol. The maximum absolute atomic E-state index is 11.5. The van der Waals surface area contributed by atoms with Gasteiger partial charge >= 0.3 is 41.5 Å². The number of carboxylic acid groups (broad SMARTS) is 2. The number of aliphatic carboxylic acids is 2. The van der Waals surface area contributed by atoms with Crippen molar-refractivity contribution >= 4 is 11.9 Å². The maximum Gasteiger partial charge on any atom is 1.00 e. The molecule has 0 aromatic carbocycles. The number of carboxylic acids is 2. The molecule has 4 nitrogen and oxygen atoms in total. The van der Waals surface area contributed by atoms with Crippen LogP contribution in [0.1, 0.15) is 74.1 Å². The van der Waals surface area contributed by atoms with Gasteiger partial charge in [-0.2, -0.15) is 0 Å². The largest absolute Gasteiger partial charge is 1.00 e. The van der Waals surface area contributed by atoms with Gasteiger partial charge in [-0.05, 0) is 11.8 Å². The molecule has 0 rings (SSSR count). The average molecular weight is 296 g/mol. The van der Waals surface area contributed by atoms with E-state index >= 15 is 0 Å². The summed E-state index contributed by atoms with van der Waals surface area (Å²) in [5.41, 5.74) is -2.48. The quantitative estimate of drug-likeness (QED) is 0.379. The van der Waals surface area contributed by atoms with Crippen molar-refractivity contribution in [2.75, 3.05) is 0 Å². The molecule has 5 heteroatoms. The smallest absolute Gasteiger partial charge is 1.00 e. The average Bonchev–Trinajstić information content (AvgIpc) is 2.25. The van der Waals surface area contributed by atoms with Crippen molar-refractivity contribution in [3.8, 4) is 0 Å². The molecular weight excluding hydrogens is 267 g/mol. The van der Waals surface area contributed by atoms with E-state index in [4.69, 9.17) is 0 Å². The van der Waals surface area contributed by atoms with Crippen LogP contribution >= 0.6 is 0 Å². The molecule has 0 atom stereocenters. The Kier molecular flexibility index (Phi) is 10.9. The summed E-state index contributed by atoms with van der Waals surface area (Å²) in [6.07, 6.45) is 6.29. The van der Waals surface area contributed by atoms with Crippen molar-refractivity contribution in [1.29, 1.82) is 0 Å². The summed E-state index contributed by atoms with van der Waals surface area (Å²) in [4.78, 5) is 23.0. The first-order chi connectivity index (χ1) is 8.70. The van der Waals surface area contributed by atoms with Gasteiger partial charge in [0.2, 0.25) is 0 Å².